The molecule has 0 fully saturated rings. The summed E-state index contributed by atoms with van der Waals surface area (Å²) in [5.41, 5.74) is 1.72. The number of nitrogens with one attached hydrogen (secondary N) is 1. The molecule has 0 saturated carbocycles. The second kappa shape index (κ2) is 3.79. The maximum atomic E-state index is 12.2. The second-order valence-electron chi connectivity index (χ2n) is 4.76. The zero-order chi connectivity index (χ0) is 11.9. The lowest BCUT2D eigenvalue weighted by atomic mass is 9.82. The van der Waals surface area contributed by atoms with Gasteiger partial charge in [0.2, 0.25) is 0 Å². The molecule has 0 bridgehead atoms. The van der Waals surface area contributed by atoms with Crippen molar-refractivity contribution in [2.45, 2.75) is 39.3 Å². The van der Waals surface area contributed by atoms with Crippen molar-refractivity contribution in [2.75, 3.05) is 0 Å². The predicted molar refractivity (Wildman–Crippen MR) is 54.1 cm³/mol. The minimum absolute atomic E-state index is 0.0544. The van der Waals surface area contributed by atoms with Crippen LogP contribution in [0.4, 0.5) is 13.2 Å². The van der Waals surface area contributed by atoms with Crippen LogP contribution in [0, 0.1) is 11.8 Å². The topological polar surface area (TPSA) is 28.7 Å². The highest BCUT2D eigenvalue weighted by Crippen LogP contribution is 2.29. The SMILES string of the molecule is CC1Cc2nc(CC(F)(F)F)[nH]c2CC1C. The number of rotatable bonds is 1. The summed E-state index contributed by atoms with van der Waals surface area (Å²) in [6, 6.07) is 0. The van der Waals surface area contributed by atoms with Gasteiger partial charge in [-0.05, 0) is 24.7 Å². The van der Waals surface area contributed by atoms with Crippen LogP contribution in [0.2, 0.25) is 0 Å². The Hall–Kier alpha value is -1.00. The second-order valence-corrected chi connectivity index (χ2v) is 4.76. The molecule has 1 aromatic rings. The molecule has 1 aliphatic carbocycles. The van der Waals surface area contributed by atoms with Gasteiger partial charge in [0.1, 0.15) is 12.2 Å². The summed E-state index contributed by atoms with van der Waals surface area (Å²) >= 11 is 0. The molecule has 1 N–H and O–H groups in total. The lowest BCUT2D eigenvalue weighted by Crippen LogP contribution is -2.20. The summed E-state index contributed by atoms with van der Waals surface area (Å²) in [5, 5.41) is 0. The van der Waals surface area contributed by atoms with E-state index in [1.807, 2.05) is 0 Å². The van der Waals surface area contributed by atoms with E-state index in [-0.39, 0.29) is 5.82 Å². The van der Waals surface area contributed by atoms with E-state index >= 15 is 0 Å². The molecule has 2 atom stereocenters. The van der Waals surface area contributed by atoms with Crippen molar-refractivity contribution in [3.63, 3.8) is 0 Å². The lowest BCUT2D eigenvalue weighted by molar-refractivity contribution is -0.128. The Morgan fingerprint density at radius 2 is 1.88 bits per heavy atom. The van der Waals surface area contributed by atoms with Crippen molar-refractivity contribution in [1.29, 1.82) is 0 Å². The number of hydrogen-bond acceptors (Lipinski definition) is 1. The van der Waals surface area contributed by atoms with Gasteiger partial charge in [0.25, 0.3) is 0 Å². The zero-order valence-corrected chi connectivity index (χ0v) is 9.36. The summed E-state index contributed by atoms with van der Waals surface area (Å²) in [6.07, 6.45) is -3.55. The van der Waals surface area contributed by atoms with Gasteiger partial charge in [0, 0.05) is 5.69 Å². The fraction of sp³-hybridized carbons (Fsp3) is 0.727. The number of H-pyrrole nitrogens is 1. The fourth-order valence-corrected chi connectivity index (χ4v) is 2.15. The highest BCUT2D eigenvalue weighted by molar-refractivity contribution is 5.19. The molecule has 2 rings (SSSR count). The van der Waals surface area contributed by atoms with E-state index in [1.165, 1.54) is 0 Å². The maximum absolute atomic E-state index is 12.2. The lowest BCUT2D eigenvalue weighted by Gasteiger charge is -2.24. The smallest absolute Gasteiger partial charge is 0.345 e. The van der Waals surface area contributed by atoms with Gasteiger partial charge in [-0.2, -0.15) is 13.2 Å². The first kappa shape index (κ1) is 11.5. The minimum Gasteiger partial charge on any atom is -0.345 e. The third-order valence-corrected chi connectivity index (χ3v) is 3.29. The van der Waals surface area contributed by atoms with Crippen LogP contribution in [-0.2, 0) is 19.3 Å². The largest absolute Gasteiger partial charge is 0.396 e. The Morgan fingerprint density at radius 3 is 2.50 bits per heavy atom. The van der Waals surface area contributed by atoms with E-state index < -0.39 is 12.6 Å². The molecule has 16 heavy (non-hydrogen) atoms. The van der Waals surface area contributed by atoms with Gasteiger partial charge >= 0.3 is 6.18 Å². The molecule has 0 radical (unpaired) electrons. The Morgan fingerprint density at radius 1 is 1.25 bits per heavy atom. The third-order valence-electron chi connectivity index (χ3n) is 3.29. The molecule has 1 aromatic heterocycles. The summed E-state index contributed by atoms with van der Waals surface area (Å²) < 4.78 is 36.6. The molecular weight excluding hydrogens is 217 g/mol. The van der Waals surface area contributed by atoms with Gasteiger partial charge in [-0.25, -0.2) is 4.98 Å². The Balaban J connectivity index is 2.18. The van der Waals surface area contributed by atoms with Crippen molar-refractivity contribution in [1.82, 2.24) is 9.97 Å². The first-order valence-electron chi connectivity index (χ1n) is 5.48. The van der Waals surface area contributed by atoms with Crippen LogP contribution in [0.15, 0.2) is 0 Å². The van der Waals surface area contributed by atoms with Crippen LogP contribution in [0.25, 0.3) is 0 Å². The number of aromatic amines is 1. The van der Waals surface area contributed by atoms with E-state index in [2.05, 4.69) is 23.8 Å². The molecule has 0 amide bonds. The van der Waals surface area contributed by atoms with E-state index in [0.29, 0.717) is 11.8 Å². The van der Waals surface area contributed by atoms with Gasteiger partial charge < -0.3 is 4.98 Å². The summed E-state index contributed by atoms with van der Waals surface area (Å²) in [5.74, 6) is 1.06. The quantitative estimate of drug-likeness (QED) is 0.792. The normalized spacial score (nSPS) is 25.6. The first-order valence-corrected chi connectivity index (χ1v) is 5.48. The average Bonchev–Trinajstić information content (AvgIpc) is 2.44. The average molecular weight is 232 g/mol. The number of halogens is 3. The highest BCUT2D eigenvalue weighted by Gasteiger charge is 2.31. The fourth-order valence-electron chi connectivity index (χ4n) is 2.15. The van der Waals surface area contributed by atoms with Crippen molar-refractivity contribution in [3.05, 3.63) is 17.2 Å². The maximum Gasteiger partial charge on any atom is 0.396 e. The van der Waals surface area contributed by atoms with Crippen molar-refractivity contribution in [3.8, 4) is 0 Å². The number of aromatic nitrogens is 2. The number of imidazole rings is 1. The van der Waals surface area contributed by atoms with Crippen molar-refractivity contribution in [2.24, 2.45) is 11.8 Å². The summed E-state index contributed by atoms with van der Waals surface area (Å²) in [7, 11) is 0. The molecule has 0 aromatic carbocycles. The molecule has 0 saturated heterocycles. The predicted octanol–water partition coefficient (Wildman–Crippen LogP) is 2.89. The molecule has 1 heterocycles. The monoisotopic (exact) mass is 232 g/mol. The van der Waals surface area contributed by atoms with Crippen molar-refractivity contribution < 1.29 is 13.2 Å². The van der Waals surface area contributed by atoms with Crippen LogP contribution in [0.5, 0.6) is 0 Å². The van der Waals surface area contributed by atoms with Gasteiger partial charge in [0.05, 0.1) is 5.69 Å². The van der Waals surface area contributed by atoms with E-state index in [4.69, 9.17) is 0 Å². The Kier molecular flexibility index (Phi) is 2.72. The van der Waals surface area contributed by atoms with Gasteiger partial charge in [-0.1, -0.05) is 13.8 Å². The minimum atomic E-state index is -4.18. The molecule has 0 aliphatic heterocycles. The number of alkyl halides is 3. The highest BCUT2D eigenvalue weighted by atomic mass is 19.4. The summed E-state index contributed by atoms with van der Waals surface area (Å²) in [4.78, 5) is 6.86. The Bertz CT molecular complexity index is 354. The van der Waals surface area contributed by atoms with Crippen molar-refractivity contribution >= 4 is 0 Å². The molecule has 2 unspecified atom stereocenters. The number of hydrogen-bond donors (Lipinski definition) is 1. The van der Waals surface area contributed by atoms with Gasteiger partial charge in [-0.15, -0.1) is 0 Å². The molecule has 0 spiro atoms. The zero-order valence-electron chi connectivity index (χ0n) is 9.36. The third kappa shape index (κ3) is 2.39. The molecular formula is C11H15F3N2. The Labute approximate surface area is 92.3 Å². The van der Waals surface area contributed by atoms with Crippen LogP contribution >= 0.6 is 0 Å². The standard InChI is InChI=1S/C11H15F3N2/c1-6-3-8-9(4-7(6)2)16-10(15-8)5-11(12,13)14/h6-7H,3-5H2,1-2H3,(H,15,16). The van der Waals surface area contributed by atoms with E-state index in [9.17, 15) is 13.2 Å². The molecule has 90 valence electrons. The number of fused-ring (bicyclic) bond motifs is 1. The van der Waals surface area contributed by atoms with Crippen LogP contribution in [0.3, 0.4) is 0 Å². The molecule has 5 heteroatoms. The van der Waals surface area contributed by atoms with Crippen LogP contribution < -0.4 is 0 Å². The first-order chi connectivity index (χ1) is 7.35. The summed E-state index contributed by atoms with van der Waals surface area (Å²) in [6.45, 7) is 4.24. The van der Waals surface area contributed by atoms with E-state index in [1.54, 1.807) is 0 Å². The van der Waals surface area contributed by atoms with Crippen LogP contribution in [0.1, 0.15) is 31.1 Å². The number of nitrogens with zero attached hydrogens (tertiary/aromatic N) is 1. The van der Waals surface area contributed by atoms with E-state index in [0.717, 1.165) is 24.2 Å². The van der Waals surface area contributed by atoms with Gasteiger partial charge in [-0.3, -0.25) is 0 Å². The molecule has 1 aliphatic rings. The molecule has 2 nitrogen and oxygen atoms in total. The van der Waals surface area contributed by atoms with Crippen LogP contribution in [-0.4, -0.2) is 16.1 Å². The van der Waals surface area contributed by atoms with Gasteiger partial charge in [0.15, 0.2) is 0 Å².